The fourth-order valence-electron chi connectivity index (χ4n) is 2.56. The average Bonchev–Trinajstić information content (AvgIpc) is 3.03. The Morgan fingerprint density at radius 2 is 1.70 bits per heavy atom. The van der Waals surface area contributed by atoms with Crippen LogP contribution < -0.4 is 10.1 Å². The van der Waals surface area contributed by atoms with Crippen LogP contribution in [0, 0.1) is 6.92 Å². The lowest BCUT2D eigenvalue weighted by atomic mass is 10.2. The van der Waals surface area contributed by atoms with E-state index in [1.165, 1.54) is 18.3 Å². The Morgan fingerprint density at radius 3 is 2.26 bits per heavy atom. The summed E-state index contributed by atoms with van der Waals surface area (Å²) in [4.78, 5) is 12.5. The van der Waals surface area contributed by atoms with Gasteiger partial charge in [-0.3, -0.25) is 4.79 Å². The minimum atomic E-state index is -4.42. The fourth-order valence-corrected chi connectivity index (χ4v) is 2.56. The average molecular weight is 375 g/mol. The Hall–Kier alpha value is -3.29. The number of halogens is 3. The summed E-state index contributed by atoms with van der Waals surface area (Å²) < 4.78 is 44.5. The first-order valence-corrected chi connectivity index (χ1v) is 7.97. The largest absolute Gasteiger partial charge is 0.497 e. The van der Waals surface area contributed by atoms with Crippen LogP contribution in [0.2, 0.25) is 0 Å². The second kappa shape index (κ2) is 7.14. The van der Waals surface area contributed by atoms with E-state index in [1.54, 1.807) is 43.0 Å². The fraction of sp³-hybridized carbons (Fsp3) is 0.158. The van der Waals surface area contributed by atoms with Crippen LogP contribution in [-0.4, -0.2) is 22.8 Å². The molecule has 0 aliphatic heterocycles. The van der Waals surface area contributed by atoms with Crippen LogP contribution in [0.25, 0.3) is 5.69 Å². The molecule has 1 amide bonds. The van der Waals surface area contributed by atoms with Crippen molar-refractivity contribution in [2.75, 3.05) is 12.4 Å². The number of hydrogen-bond donors (Lipinski definition) is 1. The van der Waals surface area contributed by atoms with Crippen molar-refractivity contribution < 1.29 is 22.7 Å². The smallest absolute Gasteiger partial charge is 0.416 e. The van der Waals surface area contributed by atoms with Gasteiger partial charge in [0.15, 0.2) is 0 Å². The summed E-state index contributed by atoms with van der Waals surface area (Å²) in [6, 6.07) is 11.4. The summed E-state index contributed by atoms with van der Waals surface area (Å²) in [5.74, 6) is 0.246. The number of nitrogens with one attached hydrogen (secondary N) is 1. The van der Waals surface area contributed by atoms with Crippen molar-refractivity contribution in [2.24, 2.45) is 0 Å². The van der Waals surface area contributed by atoms with Crippen molar-refractivity contribution >= 4 is 11.6 Å². The van der Waals surface area contributed by atoms with E-state index in [9.17, 15) is 18.0 Å². The maximum absolute atomic E-state index is 12.6. The highest BCUT2D eigenvalue weighted by Crippen LogP contribution is 2.30. The molecule has 2 aromatic carbocycles. The van der Waals surface area contributed by atoms with Crippen molar-refractivity contribution in [3.8, 4) is 11.4 Å². The summed E-state index contributed by atoms with van der Waals surface area (Å²) >= 11 is 0. The highest BCUT2D eigenvalue weighted by molar-refractivity contribution is 6.05. The molecule has 140 valence electrons. The molecule has 0 unspecified atom stereocenters. The SMILES string of the molecule is COc1ccc(-n2ncc(C(=O)Nc3ccc(C(F)(F)F)cc3)c2C)cc1. The number of carbonyl (C=O) groups is 1. The zero-order chi connectivity index (χ0) is 19.6. The molecule has 8 heteroatoms. The standard InChI is InChI=1S/C19H16F3N3O2/c1-12-17(11-23-25(12)15-7-9-16(27-2)10-8-15)18(26)24-14-5-3-13(4-6-14)19(20,21)22/h3-11H,1-2H3,(H,24,26). The van der Waals surface area contributed by atoms with Gasteiger partial charge in [0.25, 0.3) is 5.91 Å². The van der Waals surface area contributed by atoms with Crippen LogP contribution in [-0.2, 0) is 6.18 Å². The van der Waals surface area contributed by atoms with E-state index in [1.807, 2.05) is 0 Å². The van der Waals surface area contributed by atoms with Gasteiger partial charge in [0.1, 0.15) is 5.75 Å². The van der Waals surface area contributed by atoms with Crippen molar-refractivity contribution in [1.82, 2.24) is 9.78 Å². The molecule has 0 fully saturated rings. The summed E-state index contributed by atoms with van der Waals surface area (Å²) in [7, 11) is 1.57. The number of amides is 1. The molecule has 0 saturated heterocycles. The van der Waals surface area contributed by atoms with Crippen LogP contribution in [0.15, 0.2) is 54.7 Å². The summed E-state index contributed by atoms with van der Waals surface area (Å²) in [5, 5.41) is 6.80. The van der Waals surface area contributed by atoms with Crippen LogP contribution in [0.3, 0.4) is 0 Å². The van der Waals surface area contributed by atoms with E-state index in [0.717, 1.165) is 17.8 Å². The van der Waals surface area contributed by atoms with Gasteiger partial charge in [-0.05, 0) is 55.5 Å². The molecule has 3 rings (SSSR count). The Kier molecular flexibility index (Phi) is 4.89. The van der Waals surface area contributed by atoms with Crippen LogP contribution in [0.4, 0.5) is 18.9 Å². The van der Waals surface area contributed by atoms with Gasteiger partial charge in [-0.2, -0.15) is 18.3 Å². The van der Waals surface area contributed by atoms with Crippen molar-refractivity contribution in [1.29, 1.82) is 0 Å². The third kappa shape index (κ3) is 3.94. The van der Waals surface area contributed by atoms with E-state index in [4.69, 9.17) is 4.74 Å². The highest BCUT2D eigenvalue weighted by Gasteiger charge is 2.30. The minimum Gasteiger partial charge on any atom is -0.497 e. The normalized spacial score (nSPS) is 11.3. The number of carbonyl (C=O) groups excluding carboxylic acids is 1. The van der Waals surface area contributed by atoms with Crippen LogP contribution >= 0.6 is 0 Å². The van der Waals surface area contributed by atoms with E-state index in [0.29, 0.717) is 17.0 Å². The molecular weight excluding hydrogens is 359 g/mol. The first kappa shape index (κ1) is 18.5. The third-order valence-electron chi connectivity index (χ3n) is 4.04. The van der Waals surface area contributed by atoms with Gasteiger partial charge in [0.05, 0.1) is 35.8 Å². The molecule has 3 aromatic rings. The number of nitrogens with zero attached hydrogens (tertiary/aromatic N) is 2. The van der Waals surface area contributed by atoms with Crippen LogP contribution in [0.5, 0.6) is 5.75 Å². The molecule has 0 saturated carbocycles. The van der Waals surface area contributed by atoms with E-state index in [2.05, 4.69) is 10.4 Å². The van der Waals surface area contributed by atoms with Gasteiger partial charge >= 0.3 is 6.18 Å². The quantitative estimate of drug-likeness (QED) is 0.733. The Balaban J connectivity index is 1.78. The maximum atomic E-state index is 12.6. The predicted molar refractivity (Wildman–Crippen MR) is 94.3 cm³/mol. The monoisotopic (exact) mass is 375 g/mol. The topological polar surface area (TPSA) is 56.2 Å². The molecule has 0 aliphatic carbocycles. The second-order valence-corrected chi connectivity index (χ2v) is 5.78. The van der Waals surface area contributed by atoms with E-state index in [-0.39, 0.29) is 5.69 Å². The van der Waals surface area contributed by atoms with Gasteiger partial charge in [0.2, 0.25) is 0 Å². The van der Waals surface area contributed by atoms with E-state index >= 15 is 0 Å². The lowest BCUT2D eigenvalue weighted by molar-refractivity contribution is -0.137. The molecular formula is C19H16F3N3O2. The first-order chi connectivity index (χ1) is 12.8. The summed E-state index contributed by atoms with van der Waals surface area (Å²) in [6.45, 7) is 1.74. The number of hydrogen-bond acceptors (Lipinski definition) is 3. The summed E-state index contributed by atoms with van der Waals surface area (Å²) in [6.07, 6.45) is -3.00. The van der Waals surface area contributed by atoms with Gasteiger partial charge < -0.3 is 10.1 Å². The van der Waals surface area contributed by atoms with Crippen molar-refractivity contribution in [3.05, 3.63) is 71.5 Å². The number of methoxy groups -OCH3 is 1. The highest BCUT2D eigenvalue weighted by atomic mass is 19.4. The number of rotatable bonds is 4. The number of anilines is 1. The molecule has 0 bridgehead atoms. The molecule has 0 spiro atoms. The van der Waals surface area contributed by atoms with Gasteiger partial charge in [-0.1, -0.05) is 0 Å². The van der Waals surface area contributed by atoms with Gasteiger partial charge in [-0.25, -0.2) is 4.68 Å². The maximum Gasteiger partial charge on any atom is 0.416 e. The molecule has 0 radical (unpaired) electrons. The lowest BCUT2D eigenvalue weighted by Gasteiger charge is -2.09. The number of aromatic nitrogens is 2. The predicted octanol–water partition coefficient (Wildman–Crippen LogP) is 4.46. The molecule has 1 N–H and O–H groups in total. The molecule has 1 aromatic heterocycles. The lowest BCUT2D eigenvalue weighted by Crippen LogP contribution is -2.13. The van der Waals surface area contributed by atoms with Gasteiger partial charge in [0, 0.05) is 5.69 Å². The Labute approximate surface area is 153 Å². The van der Waals surface area contributed by atoms with Gasteiger partial charge in [-0.15, -0.1) is 0 Å². The van der Waals surface area contributed by atoms with E-state index < -0.39 is 17.6 Å². The second-order valence-electron chi connectivity index (χ2n) is 5.78. The number of ether oxygens (including phenoxy) is 1. The molecule has 1 heterocycles. The molecule has 5 nitrogen and oxygen atoms in total. The zero-order valence-corrected chi connectivity index (χ0v) is 14.5. The summed E-state index contributed by atoms with van der Waals surface area (Å²) in [5.41, 5.74) is 1.17. The van der Waals surface area contributed by atoms with Crippen molar-refractivity contribution in [2.45, 2.75) is 13.1 Å². The number of alkyl halides is 3. The Bertz CT molecular complexity index is 946. The molecule has 27 heavy (non-hydrogen) atoms. The third-order valence-corrected chi connectivity index (χ3v) is 4.04. The molecule has 0 aliphatic rings. The zero-order valence-electron chi connectivity index (χ0n) is 14.5. The number of benzene rings is 2. The Morgan fingerprint density at radius 1 is 1.07 bits per heavy atom. The molecule has 0 atom stereocenters. The van der Waals surface area contributed by atoms with Crippen LogP contribution in [0.1, 0.15) is 21.6 Å². The first-order valence-electron chi connectivity index (χ1n) is 7.97. The van der Waals surface area contributed by atoms with Crippen molar-refractivity contribution in [3.63, 3.8) is 0 Å². The minimum absolute atomic E-state index is 0.268.